The summed E-state index contributed by atoms with van der Waals surface area (Å²) >= 11 is 0. The van der Waals surface area contributed by atoms with Gasteiger partial charge in [-0.2, -0.15) is 4.98 Å². The molecule has 7 nitrogen and oxygen atoms in total. The Morgan fingerprint density at radius 1 is 1.35 bits per heavy atom. The smallest absolute Gasteiger partial charge is 0.249 e. The first-order valence-electron chi connectivity index (χ1n) is 8.95. The van der Waals surface area contributed by atoms with E-state index in [0.717, 1.165) is 37.1 Å². The molecule has 1 aromatic heterocycles. The lowest BCUT2D eigenvalue weighted by Crippen LogP contribution is -2.38. The lowest BCUT2D eigenvalue weighted by Gasteiger charge is -2.33. The molecule has 0 spiro atoms. The molecular formula is C19H25N3O4. The van der Waals surface area contributed by atoms with Crippen LogP contribution in [-0.4, -0.2) is 41.7 Å². The Morgan fingerprint density at radius 3 is 3.04 bits per heavy atom. The predicted molar refractivity (Wildman–Crippen MR) is 94.6 cm³/mol. The average Bonchev–Trinajstić information content (AvgIpc) is 3.15. The first kappa shape index (κ1) is 18.4. The van der Waals surface area contributed by atoms with Crippen molar-refractivity contribution < 1.29 is 18.8 Å². The number of likely N-dealkylation sites (tertiary alicyclic amines) is 1. The second kappa shape index (κ2) is 8.80. The largest absolute Gasteiger partial charge is 0.497 e. The summed E-state index contributed by atoms with van der Waals surface area (Å²) in [6.07, 6.45) is 4.02. The van der Waals surface area contributed by atoms with Crippen molar-refractivity contribution in [1.82, 2.24) is 15.0 Å². The van der Waals surface area contributed by atoms with Gasteiger partial charge in [0.05, 0.1) is 7.11 Å². The van der Waals surface area contributed by atoms with Crippen molar-refractivity contribution in [2.75, 3.05) is 20.8 Å². The number of ether oxygens (including phenoxy) is 2. The maximum Gasteiger partial charge on any atom is 0.249 e. The summed E-state index contributed by atoms with van der Waals surface area (Å²) in [5, 5.41) is 3.92. The SMILES string of the molecule is COCc1noc([C@@H]2CCCCN2C(=O)CCc2cccc(OC)c2)n1. The molecule has 1 atom stereocenters. The minimum absolute atomic E-state index is 0.115. The number of aryl methyl sites for hydroxylation is 1. The van der Waals surface area contributed by atoms with Crippen molar-refractivity contribution in [3.8, 4) is 5.75 Å². The molecule has 140 valence electrons. The van der Waals surface area contributed by atoms with Gasteiger partial charge in [0.15, 0.2) is 5.82 Å². The zero-order valence-electron chi connectivity index (χ0n) is 15.3. The molecule has 2 heterocycles. The van der Waals surface area contributed by atoms with Crippen molar-refractivity contribution in [1.29, 1.82) is 0 Å². The number of methoxy groups -OCH3 is 2. The first-order valence-corrected chi connectivity index (χ1v) is 8.95. The monoisotopic (exact) mass is 359 g/mol. The Labute approximate surface area is 153 Å². The quantitative estimate of drug-likeness (QED) is 0.756. The highest BCUT2D eigenvalue weighted by molar-refractivity contribution is 5.77. The van der Waals surface area contributed by atoms with E-state index in [1.54, 1.807) is 14.2 Å². The molecule has 1 amide bonds. The van der Waals surface area contributed by atoms with Gasteiger partial charge in [0.25, 0.3) is 0 Å². The number of carbonyl (C=O) groups excluding carboxylic acids is 1. The van der Waals surface area contributed by atoms with Crippen LogP contribution >= 0.6 is 0 Å². The molecule has 0 unspecified atom stereocenters. The number of nitrogens with zero attached hydrogens (tertiary/aromatic N) is 3. The van der Waals surface area contributed by atoms with Crippen molar-refractivity contribution in [2.24, 2.45) is 0 Å². The van der Waals surface area contributed by atoms with Crippen molar-refractivity contribution in [3.63, 3.8) is 0 Å². The molecule has 1 aromatic carbocycles. The normalized spacial score (nSPS) is 17.3. The lowest BCUT2D eigenvalue weighted by atomic mass is 10.0. The standard InChI is InChI=1S/C19H25N3O4/c1-24-13-17-20-19(26-21-17)16-8-3-4-11-22(16)18(23)10-9-14-6-5-7-15(12-14)25-2/h5-7,12,16H,3-4,8-11,13H2,1-2H3/t16-/m0/s1. The van der Waals surface area contributed by atoms with Crippen LogP contribution in [0.25, 0.3) is 0 Å². The Hall–Kier alpha value is -2.41. The van der Waals surface area contributed by atoms with Crippen LogP contribution in [0.1, 0.15) is 49.0 Å². The fraction of sp³-hybridized carbons (Fsp3) is 0.526. The van der Waals surface area contributed by atoms with Gasteiger partial charge >= 0.3 is 0 Å². The van der Waals surface area contributed by atoms with Gasteiger partial charge in [0.1, 0.15) is 18.4 Å². The average molecular weight is 359 g/mol. The zero-order valence-corrected chi connectivity index (χ0v) is 15.3. The second-order valence-corrected chi connectivity index (χ2v) is 6.43. The van der Waals surface area contributed by atoms with Crippen LogP contribution in [0, 0.1) is 0 Å². The van der Waals surface area contributed by atoms with E-state index in [2.05, 4.69) is 10.1 Å². The number of hydrogen-bond donors (Lipinski definition) is 0. The second-order valence-electron chi connectivity index (χ2n) is 6.43. The Kier molecular flexibility index (Phi) is 6.22. The maximum absolute atomic E-state index is 12.8. The molecule has 1 aliphatic heterocycles. The lowest BCUT2D eigenvalue weighted by molar-refractivity contribution is -0.135. The molecule has 0 N–H and O–H groups in total. The third-order valence-corrected chi connectivity index (χ3v) is 4.63. The van der Waals surface area contributed by atoms with E-state index in [4.69, 9.17) is 14.0 Å². The van der Waals surface area contributed by atoms with Crippen molar-refractivity contribution in [2.45, 2.75) is 44.8 Å². The number of benzene rings is 1. The molecule has 1 aliphatic rings. The Balaban J connectivity index is 1.65. The van der Waals surface area contributed by atoms with Crippen LogP contribution in [0.4, 0.5) is 0 Å². The molecule has 1 saturated heterocycles. The number of amides is 1. The van der Waals surface area contributed by atoms with Crippen molar-refractivity contribution in [3.05, 3.63) is 41.5 Å². The van der Waals surface area contributed by atoms with E-state index in [-0.39, 0.29) is 11.9 Å². The van der Waals surface area contributed by atoms with E-state index < -0.39 is 0 Å². The summed E-state index contributed by atoms with van der Waals surface area (Å²) in [7, 11) is 3.23. The summed E-state index contributed by atoms with van der Waals surface area (Å²) in [6.45, 7) is 1.03. The van der Waals surface area contributed by atoms with Crippen LogP contribution in [-0.2, 0) is 22.6 Å². The number of hydrogen-bond acceptors (Lipinski definition) is 6. The van der Waals surface area contributed by atoms with E-state index in [1.807, 2.05) is 29.2 Å². The molecule has 0 radical (unpaired) electrons. The van der Waals surface area contributed by atoms with Crippen LogP contribution in [0.3, 0.4) is 0 Å². The van der Waals surface area contributed by atoms with Crippen LogP contribution in [0.2, 0.25) is 0 Å². The Morgan fingerprint density at radius 2 is 2.23 bits per heavy atom. The number of rotatable bonds is 7. The predicted octanol–water partition coefficient (Wildman–Crippen LogP) is 2.91. The minimum atomic E-state index is -0.139. The zero-order chi connectivity index (χ0) is 18.4. The van der Waals surface area contributed by atoms with Crippen LogP contribution in [0.15, 0.2) is 28.8 Å². The molecule has 26 heavy (non-hydrogen) atoms. The fourth-order valence-electron chi connectivity index (χ4n) is 3.30. The molecule has 7 heteroatoms. The summed E-state index contributed by atoms with van der Waals surface area (Å²) in [5.74, 6) is 1.94. The number of piperidine rings is 1. The third-order valence-electron chi connectivity index (χ3n) is 4.63. The van der Waals surface area contributed by atoms with E-state index in [1.165, 1.54) is 0 Å². The molecule has 3 rings (SSSR count). The van der Waals surface area contributed by atoms with Gasteiger partial charge in [0, 0.05) is 20.1 Å². The van der Waals surface area contributed by atoms with Crippen molar-refractivity contribution >= 4 is 5.91 Å². The van der Waals surface area contributed by atoms with E-state index >= 15 is 0 Å². The van der Waals surface area contributed by atoms with Gasteiger partial charge in [-0.3, -0.25) is 4.79 Å². The fourth-order valence-corrected chi connectivity index (χ4v) is 3.30. The van der Waals surface area contributed by atoms with Gasteiger partial charge in [-0.15, -0.1) is 0 Å². The summed E-state index contributed by atoms with van der Waals surface area (Å²) in [5.41, 5.74) is 1.09. The van der Waals surface area contributed by atoms with Crippen LogP contribution in [0.5, 0.6) is 5.75 Å². The molecule has 2 aromatic rings. The minimum Gasteiger partial charge on any atom is -0.497 e. The highest BCUT2D eigenvalue weighted by Gasteiger charge is 2.31. The maximum atomic E-state index is 12.8. The molecule has 1 fully saturated rings. The first-order chi connectivity index (χ1) is 12.7. The van der Waals surface area contributed by atoms with E-state index in [0.29, 0.717) is 31.2 Å². The summed E-state index contributed by atoms with van der Waals surface area (Å²) < 4.78 is 15.7. The molecule has 0 aliphatic carbocycles. The number of carbonyl (C=O) groups is 1. The third kappa shape index (κ3) is 4.40. The molecular weight excluding hydrogens is 334 g/mol. The van der Waals surface area contributed by atoms with Gasteiger partial charge in [-0.25, -0.2) is 0 Å². The highest BCUT2D eigenvalue weighted by Crippen LogP contribution is 2.30. The van der Waals surface area contributed by atoms with E-state index in [9.17, 15) is 4.79 Å². The Bertz CT molecular complexity index is 731. The van der Waals surface area contributed by atoms with Gasteiger partial charge in [-0.05, 0) is 43.4 Å². The topological polar surface area (TPSA) is 77.7 Å². The highest BCUT2D eigenvalue weighted by atomic mass is 16.5. The van der Waals surface area contributed by atoms with Gasteiger partial charge < -0.3 is 18.9 Å². The number of aromatic nitrogens is 2. The summed E-state index contributed by atoms with van der Waals surface area (Å²) in [6, 6.07) is 7.69. The summed E-state index contributed by atoms with van der Waals surface area (Å²) in [4.78, 5) is 19.1. The van der Waals surface area contributed by atoms with Crippen LogP contribution < -0.4 is 4.74 Å². The van der Waals surface area contributed by atoms with Gasteiger partial charge in [0.2, 0.25) is 11.8 Å². The molecule has 0 saturated carbocycles. The molecule has 0 bridgehead atoms. The van der Waals surface area contributed by atoms with Gasteiger partial charge in [-0.1, -0.05) is 17.3 Å².